The number of halogens is 1. The minimum atomic E-state index is -0.0689. The molecule has 4 nitrogen and oxygen atoms in total. The lowest BCUT2D eigenvalue weighted by Crippen LogP contribution is -2.14. The molecule has 0 saturated carbocycles. The zero-order valence-corrected chi connectivity index (χ0v) is 17.0. The molecule has 0 bridgehead atoms. The number of nitrogens with one attached hydrogen (secondary N) is 1. The first-order chi connectivity index (χ1) is 13.6. The van der Waals surface area contributed by atoms with Gasteiger partial charge in [0.25, 0.3) is 0 Å². The average Bonchev–Trinajstić information content (AvgIpc) is 3.13. The smallest absolute Gasteiger partial charge is 0.228 e. The van der Waals surface area contributed by atoms with Gasteiger partial charge in [-0.05, 0) is 60.0 Å². The molecule has 0 saturated heterocycles. The molecule has 0 aliphatic rings. The Kier molecular flexibility index (Phi) is 5.26. The molecule has 0 atom stereocenters. The summed E-state index contributed by atoms with van der Waals surface area (Å²) in [5.41, 5.74) is 5.29. The van der Waals surface area contributed by atoms with Crippen molar-refractivity contribution in [3.8, 4) is 11.5 Å². The largest absolute Gasteiger partial charge is 0.436 e. The second-order valence-corrected chi connectivity index (χ2v) is 7.52. The van der Waals surface area contributed by atoms with E-state index in [1.807, 2.05) is 54.6 Å². The van der Waals surface area contributed by atoms with Gasteiger partial charge in [0, 0.05) is 15.7 Å². The van der Waals surface area contributed by atoms with E-state index in [9.17, 15) is 4.79 Å². The lowest BCUT2D eigenvalue weighted by Gasteiger charge is -2.05. The Balaban J connectivity index is 1.50. The van der Waals surface area contributed by atoms with E-state index in [0.29, 0.717) is 23.6 Å². The summed E-state index contributed by atoms with van der Waals surface area (Å²) in [6, 6.07) is 21.4. The zero-order chi connectivity index (χ0) is 19.5. The number of benzene rings is 3. The van der Waals surface area contributed by atoms with Crippen LogP contribution in [0.4, 0.5) is 5.69 Å². The van der Waals surface area contributed by atoms with Gasteiger partial charge in [-0.1, -0.05) is 47.1 Å². The molecule has 0 fully saturated rings. The maximum atomic E-state index is 12.3. The molecule has 0 aliphatic carbocycles. The number of aromatic nitrogens is 1. The van der Waals surface area contributed by atoms with E-state index in [-0.39, 0.29) is 5.91 Å². The van der Waals surface area contributed by atoms with Gasteiger partial charge in [-0.15, -0.1) is 0 Å². The summed E-state index contributed by atoms with van der Waals surface area (Å²) in [6.07, 6.45) is 1.32. The van der Waals surface area contributed by atoms with E-state index in [4.69, 9.17) is 4.42 Å². The van der Waals surface area contributed by atoms with Gasteiger partial charge in [0.05, 0.1) is 6.42 Å². The highest BCUT2D eigenvalue weighted by atomic mass is 79.9. The molecular weight excluding hydrogens is 416 g/mol. The predicted molar refractivity (Wildman–Crippen MR) is 115 cm³/mol. The number of fused-ring (bicyclic) bond motifs is 1. The van der Waals surface area contributed by atoms with Crippen molar-refractivity contribution < 1.29 is 9.21 Å². The van der Waals surface area contributed by atoms with Crippen molar-refractivity contribution in [2.45, 2.75) is 19.8 Å². The highest BCUT2D eigenvalue weighted by molar-refractivity contribution is 9.10. The molecule has 1 aromatic heterocycles. The average molecular weight is 435 g/mol. The fraction of sp³-hybridized carbons (Fsp3) is 0.130. The first-order valence-electron chi connectivity index (χ1n) is 9.15. The molecule has 28 heavy (non-hydrogen) atoms. The molecule has 0 aliphatic heterocycles. The Bertz CT molecular complexity index is 1120. The quantitative estimate of drug-likeness (QED) is 0.418. The standard InChI is InChI=1S/C23H19BrN2O2/c1-2-15-3-7-17(8-4-15)23-26-20-14-19(11-12-21(20)28-23)25-22(27)13-16-5-9-18(24)10-6-16/h3-12,14H,2,13H2,1H3,(H,25,27). The van der Waals surface area contributed by atoms with Gasteiger partial charge < -0.3 is 9.73 Å². The lowest BCUT2D eigenvalue weighted by molar-refractivity contribution is -0.115. The molecule has 1 heterocycles. The van der Waals surface area contributed by atoms with Crippen LogP contribution in [-0.4, -0.2) is 10.9 Å². The van der Waals surface area contributed by atoms with Crippen LogP contribution >= 0.6 is 15.9 Å². The Morgan fingerprint density at radius 3 is 2.43 bits per heavy atom. The number of amides is 1. The minimum absolute atomic E-state index is 0.0689. The number of rotatable bonds is 5. The van der Waals surface area contributed by atoms with Gasteiger partial charge in [0.15, 0.2) is 5.58 Å². The Morgan fingerprint density at radius 2 is 1.71 bits per heavy atom. The van der Waals surface area contributed by atoms with Crippen molar-refractivity contribution in [1.29, 1.82) is 0 Å². The number of hydrogen-bond donors (Lipinski definition) is 1. The summed E-state index contributed by atoms with van der Waals surface area (Å²) in [5.74, 6) is 0.511. The molecule has 1 amide bonds. The van der Waals surface area contributed by atoms with Crippen molar-refractivity contribution in [2.75, 3.05) is 5.32 Å². The maximum absolute atomic E-state index is 12.3. The van der Waals surface area contributed by atoms with E-state index < -0.39 is 0 Å². The predicted octanol–water partition coefficient (Wildman–Crippen LogP) is 6.00. The fourth-order valence-electron chi connectivity index (χ4n) is 3.00. The lowest BCUT2D eigenvalue weighted by atomic mass is 10.1. The van der Waals surface area contributed by atoms with E-state index in [1.54, 1.807) is 0 Å². The van der Waals surface area contributed by atoms with Gasteiger partial charge in [-0.25, -0.2) is 4.98 Å². The summed E-state index contributed by atoms with van der Waals surface area (Å²) in [7, 11) is 0. The third-order valence-electron chi connectivity index (χ3n) is 4.56. The molecule has 0 spiro atoms. The second kappa shape index (κ2) is 7.98. The van der Waals surface area contributed by atoms with Crippen LogP contribution in [0, 0.1) is 0 Å². The normalized spacial score (nSPS) is 10.9. The van der Waals surface area contributed by atoms with Crippen LogP contribution in [0.25, 0.3) is 22.6 Å². The van der Waals surface area contributed by atoms with E-state index in [1.165, 1.54) is 5.56 Å². The second-order valence-electron chi connectivity index (χ2n) is 6.60. The van der Waals surface area contributed by atoms with Crippen LogP contribution < -0.4 is 5.32 Å². The summed E-state index contributed by atoms with van der Waals surface area (Å²) >= 11 is 3.40. The van der Waals surface area contributed by atoms with Crippen LogP contribution in [-0.2, 0) is 17.6 Å². The minimum Gasteiger partial charge on any atom is -0.436 e. The van der Waals surface area contributed by atoms with E-state index >= 15 is 0 Å². The number of anilines is 1. The number of carbonyl (C=O) groups is 1. The van der Waals surface area contributed by atoms with Crippen LogP contribution in [0.15, 0.2) is 75.6 Å². The molecule has 4 rings (SSSR count). The molecule has 0 radical (unpaired) electrons. The number of aryl methyl sites for hydroxylation is 1. The van der Waals surface area contributed by atoms with Crippen molar-refractivity contribution >= 4 is 38.6 Å². The first kappa shape index (κ1) is 18.4. The fourth-order valence-corrected chi connectivity index (χ4v) is 3.27. The summed E-state index contributed by atoms with van der Waals surface area (Å²) in [6.45, 7) is 2.13. The van der Waals surface area contributed by atoms with Gasteiger partial charge in [-0.3, -0.25) is 4.79 Å². The summed E-state index contributed by atoms with van der Waals surface area (Å²) < 4.78 is 6.86. The Hall–Kier alpha value is -2.92. The topological polar surface area (TPSA) is 55.1 Å². The Morgan fingerprint density at radius 1 is 1.00 bits per heavy atom. The first-order valence-corrected chi connectivity index (χ1v) is 9.94. The molecule has 5 heteroatoms. The van der Waals surface area contributed by atoms with Crippen LogP contribution in [0.2, 0.25) is 0 Å². The van der Waals surface area contributed by atoms with Gasteiger partial charge >= 0.3 is 0 Å². The zero-order valence-electron chi connectivity index (χ0n) is 15.4. The maximum Gasteiger partial charge on any atom is 0.228 e. The van der Waals surface area contributed by atoms with E-state index in [0.717, 1.165) is 27.5 Å². The molecule has 0 unspecified atom stereocenters. The van der Waals surface area contributed by atoms with E-state index in [2.05, 4.69) is 45.3 Å². The molecular formula is C23H19BrN2O2. The van der Waals surface area contributed by atoms with Crippen molar-refractivity contribution in [2.24, 2.45) is 0 Å². The SMILES string of the molecule is CCc1ccc(-c2nc3cc(NC(=O)Cc4ccc(Br)cc4)ccc3o2)cc1. The van der Waals surface area contributed by atoms with Gasteiger partial charge in [0.1, 0.15) is 5.52 Å². The highest BCUT2D eigenvalue weighted by Crippen LogP contribution is 2.26. The molecule has 140 valence electrons. The molecule has 1 N–H and O–H groups in total. The molecule has 4 aromatic rings. The van der Waals surface area contributed by atoms with Gasteiger partial charge in [0.2, 0.25) is 11.8 Å². The number of hydrogen-bond acceptors (Lipinski definition) is 3. The monoisotopic (exact) mass is 434 g/mol. The van der Waals surface area contributed by atoms with Crippen molar-refractivity contribution in [3.63, 3.8) is 0 Å². The summed E-state index contributed by atoms with van der Waals surface area (Å²) in [5, 5.41) is 2.93. The number of nitrogens with zero attached hydrogens (tertiary/aromatic N) is 1. The highest BCUT2D eigenvalue weighted by Gasteiger charge is 2.10. The van der Waals surface area contributed by atoms with Crippen LogP contribution in [0.1, 0.15) is 18.1 Å². The van der Waals surface area contributed by atoms with Gasteiger partial charge in [-0.2, -0.15) is 0 Å². The third kappa shape index (κ3) is 4.15. The number of oxazole rings is 1. The van der Waals surface area contributed by atoms with Crippen molar-refractivity contribution in [1.82, 2.24) is 4.98 Å². The molecule has 3 aromatic carbocycles. The Labute approximate surface area is 171 Å². The summed E-state index contributed by atoms with van der Waals surface area (Å²) in [4.78, 5) is 16.9. The van der Waals surface area contributed by atoms with Crippen LogP contribution in [0.5, 0.6) is 0 Å². The van der Waals surface area contributed by atoms with Crippen LogP contribution in [0.3, 0.4) is 0 Å². The number of carbonyl (C=O) groups excluding carboxylic acids is 1. The van der Waals surface area contributed by atoms with Crippen molar-refractivity contribution in [3.05, 3.63) is 82.3 Å². The third-order valence-corrected chi connectivity index (χ3v) is 5.09.